The highest BCUT2D eigenvalue weighted by molar-refractivity contribution is 7.13. The van der Waals surface area contributed by atoms with Crippen molar-refractivity contribution in [2.75, 3.05) is 13.1 Å². The maximum absolute atomic E-state index is 12.6. The van der Waals surface area contributed by atoms with Crippen LogP contribution in [-0.2, 0) is 5.41 Å². The molecule has 1 atom stereocenters. The van der Waals surface area contributed by atoms with Gasteiger partial charge in [0, 0.05) is 30.9 Å². The summed E-state index contributed by atoms with van der Waals surface area (Å²) in [6.45, 7) is 3.38. The van der Waals surface area contributed by atoms with Gasteiger partial charge in [-0.05, 0) is 25.0 Å². The van der Waals surface area contributed by atoms with Gasteiger partial charge in [-0.1, -0.05) is 6.92 Å². The van der Waals surface area contributed by atoms with Crippen molar-refractivity contribution in [2.24, 2.45) is 5.73 Å². The maximum atomic E-state index is 12.6. The summed E-state index contributed by atoms with van der Waals surface area (Å²) in [6.07, 6.45) is 6.58. The predicted molar refractivity (Wildman–Crippen MR) is 87.4 cm³/mol. The Kier molecular flexibility index (Phi) is 4.12. The van der Waals surface area contributed by atoms with Crippen LogP contribution in [0, 0.1) is 0 Å². The zero-order chi connectivity index (χ0) is 16.4. The van der Waals surface area contributed by atoms with Gasteiger partial charge in [0.2, 0.25) is 0 Å². The van der Waals surface area contributed by atoms with E-state index in [-0.39, 0.29) is 11.3 Å². The summed E-state index contributed by atoms with van der Waals surface area (Å²) in [5, 5.41) is 0.856. The van der Waals surface area contributed by atoms with Gasteiger partial charge in [0.15, 0.2) is 0 Å². The number of aromatic nitrogens is 2. The normalized spacial score (nSPS) is 21.2. The van der Waals surface area contributed by atoms with Crippen molar-refractivity contribution < 1.29 is 9.59 Å². The molecular weight excluding hydrogens is 312 g/mol. The smallest absolute Gasteiger partial charge is 0.260 e. The molecule has 23 heavy (non-hydrogen) atoms. The minimum atomic E-state index is -0.462. The number of nitrogens with zero attached hydrogens (tertiary/aromatic N) is 3. The molecule has 3 rings (SSSR count). The summed E-state index contributed by atoms with van der Waals surface area (Å²) < 4.78 is 0. The fourth-order valence-electron chi connectivity index (χ4n) is 2.93. The minimum absolute atomic E-state index is 0.0179. The topological polar surface area (TPSA) is 89.2 Å². The Morgan fingerprint density at radius 1 is 1.39 bits per heavy atom. The third kappa shape index (κ3) is 3.10. The fourth-order valence-corrected chi connectivity index (χ4v) is 3.86. The van der Waals surface area contributed by atoms with Crippen LogP contribution in [0.2, 0.25) is 0 Å². The molecule has 0 spiro atoms. The molecule has 2 amide bonds. The number of carbonyl (C=O) groups excluding carboxylic acids is 2. The number of primary amides is 1. The molecule has 2 aromatic rings. The van der Waals surface area contributed by atoms with E-state index in [0.717, 1.165) is 24.4 Å². The highest BCUT2D eigenvalue weighted by Gasteiger charge is 2.37. The van der Waals surface area contributed by atoms with Gasteiger partial charge in [0.25, 0.3) is 11.8 Å². The van der Waals surface area contributed by atoms with Crippen molar-refractivity contribution in [1.82, 2.24) is 14.9 Å². The summed E-state index contributed by atoms with van der Waals surface area (Å²) in [4.78, 5) is 34.6. The lowest BCUT2D eigenvalue weighted by Crippen LogP contribution is -2.47. The lowest BCUT2D eigenvalue weighted by Gasteiger charge is -2.39. The molecule has 2 N–H and O–H groups in total. The number of hydrogen-bond donors (Lipinski definition) is 1. The minimum Gasteiger partial charge on any atom is -0.365 e. The van der Waals surface area contributed by atoms with Gasteiger partial charge in [-0.2, -0.15) is 0 Å². The molecule has 1 aliphatic rings. The molecule has 0 radical (unpaired) electrons. The molecule has 0 saturated carbocycles. The van der Waals surface area contributed by atoms with Crippen LogP contribution in [0.15, 0.2) is 30.7 Å². The standard InChI is InChI=1S/C16H18N4O2S/c1-16(15-19-9-12(23-15)13(17)21)5-3-7-20(10-16)14(22)11-4-2-6-18-8-11/h2,4,6,8-9H,3,5,7,10H2,1H3,(H2,17,21). The van der Waals surface area contributed by atoms with Gasteiger partial charge in [-0.25, -0.2) is 4.98 Å². The number of nitrogens with two attached hydrogens (primary N) is 1. The van der Waals surface area contributed by atoms with E-state index in [9.17, 15) is 9.59 Å². The van der Waals surface area contributed by atoms with E-state index >= 15 is 0 Å². The Hall–Kier alpha value is -2.28. The van der Waals surface area contributed by atoms with Crippen LogP contribution in [0.25, 0.3) is 0 Å². The third-order valence-corrected chi connectivity index (χ3v) is 5.48. The highest BCUT2D eigenvalue weighted by Crippen LogP contribution is 2.36. The monoisotopic (exact) mass is 330 g/mol. The molecule has 7 heteroatoms. The van der Waals surface area contributed by atoms with Crippen LogP contribution in [0.1, 0.15) is 44.8 Å². The lowest BCUT2D eigenvalue weighted by molar-refractivity contribution is 0.0650. The molecule has 6 nitrogen and oxygen atoms in total. The number of carbonyl (C=O) groups is 2. The Morgan fingerprint density at radius 2 is 2.22 bits per heavy atom. The first-order valence-corrected chi connectivity index (χ1v) is 8.27. The van der Waals surface area contributed by atoms with Crippen molar-refractivity contribution >= 4 is 23.2 Å². The molecule has 0 aliphatic carbocycles. The first kappa shape index (κ1) is 15.6. The molecule has 120 valence electrons. The number of amides is 2. The molecule has 2 aromatic heterocycles. The predicted octanol–water partition coefficient (Wildman–Crippen LogP) is 1.83. The molecule has 1 unspecified atom stereocenters. The van der Waals surface area contributed by atoms with E-state index in [2.05, 4.69) is 16.9 Å². The van der Waals surface area contributed by atoms with Crippen LogP contribution in [0.4, 0.5) is 0 Å². The van der Waals surface area contributed by atoms with E-state index in [0.29, 0.717) is 17.0 Å². The SMILES string of the molecule is CC1(c2ncc(C(N)=O)s2)CCCN(C(=O)c2cccnc2)C1. The maximum Gasteiger partial charge on any atom is 0.260 e. The first-order chi connectivity index (χ1) is 11.0. The van der Waals surface area contributed by atoms with Crippen molar-refractivity contribution in [2.45, 2.75) is 25.2 Å². The molecule has 1 fully saturated rings. The average Bonchev–Trinajstić information content (AvgIpc) is 3.06. The van der Waals surface area contributed by atoms with Gasteiger partial charge >= 0.3 is 0 Å². The number of thiazole rings is 1. The summed E-state index contributed by atoms with van der Waals surface area (Å²) in [6, 6.07) is 3.53. The van der Waals surface area contributed by atoms with Crippen molar-refractivity contribution in [1.29, 1.82) is 0 Å². The number of piperidine rings is 1. The Morgan fingerprint density at radius 3 is 2.87 bits per heavy atom. The summed E-state index contributed by atoms with van der Waals surface area (Å²) in [5.41, 5.74) is 5.65. The van der Waals surface area contributed by atoms with Crippen LogP contribution < -0.4 is 5.73 Å². The fraction of sp³-hybridized carbons (Fsp3) is 0.375. The third-order valence-electron chi connectivity index (χ3n) is 4.16. The van der Waals surface area contributed by atoms with Crippen molar-refractivity contribution in [3.8, 4) is 0 Å². The second-order valence-electron chi connectivity index (χ2n) is 6.03. The highest BCUT2D eigenvalue weighted by atomic mass is 32.1. The number of pyridine rings is 1. The lowest BCUT2D eigenvalue weighted by atomic mass is 9.82. The molecule has 3 heterocycles. The van der Waals surface area contributed by atoms with Crippen LogP contribution >= 0.6 is 11.3 Å². The first-order valence-electron chi connectivity index (χ1n) is 7.45. The van der Waals surface area contributed by atoms with Gasteiger partial charge < -0.3 is 10.6 Å². The average molecular weight is 330 g/mol. The largest absolute Gasteiger partial charge is 0.365 e. The Bertz CT molecular complexity index is 731. The second-order valence-corrected chi connectivity index (χ2v) is 7.06. The van der Waals surface area contributed by atoms with Crippen LogP contribution in [-0.4, -0.2) is 39.8 Å². The zero-order valence-corrected chi connectivity index (χ0v) is 13.7. The summed E-state index contributed by atoms with van der Waals surface area (Å²) in [5.74, 6) is -0.479. The molecular formula is C16H18N4O2S. The Balaban J connectivity index is 1.81. The van der Waals surface area contributed by atoms with Crippen molar-refractivity contribution in [3.05, 3.63) is 46.2 Å². The summed E-state index contributed by atoms with van der Waals surface area (Å²) in [7, 11) is 0. The van der Waals surface area contributed by atoms with E-state index in [1.54, 1.807) is 24.5 Å². The van der Waals surface area contributed by atoms with E-state index in [1.165, 1.54) is 17.5 Å². The number of hydrogen-bond acceptors (Lipinski definition) is 5. The molecule has 1 saturated heterocycles. The quantitative estimate of drug-likeness (QED) is 0.930. The van der Waals surface area contributed by atoms with E-state index < -0.39 is 5.91 Å². The van der Waals surface area contributed by atoms with Crippen LogP contribution in [0.5, 0.6) is 0 Å². The zero-order valence-electron chi connectivity index (χ0n) is 12.9. The number of likely N-dealkylation sites (tertiary alicyclic amines) is 1. The molecule has 1 aliphatic heterocycles. The Labute approximate surface area is 138 Å². The van der Waals surface area contributed by atoms with Gasteiger partial charge in [0.05, 0.1) is 11.8 Å². The molecule has 0 bridgehead atoms. The van der Waals surface area contributed by atoms with Crippen LogP contribution in [0.3, 0.4) is 0 Å². The van der Waals surface area contributed by atoms with E-state index in [4.69, 9.17) is 5.73 Å². The van der Waals surface area contributed by atoms with Gasteiger partial charge in [0.1, 0.15) is 9.88 Å². The number of rotatable bonds is 3. The van der Waals surface area contributed by atoms with Gasteiger partial charge in [-0.3, -0.25) is 14.6 Å². The summed E-state index contributed by atoms with van der Waals surface area (Å²) >= 11 is 1.32. The second kappa shape index (κ2) is 6.08. The molecule has 0 aromatic carbocycles. The van der Waals surface area contributed by atoms with E-state index in [1.807, 2.05) is 4.90 Å². The van der Waals surface area contributed by atoms with Gasteiger partial charge in [-0.15, -0.1) is 11.3 Å². The van der Waals surface area contributed by atoms with Crippen molar-refractivity contribution in [3.63, 3.8) is 0 Å².